The number of carboxylic acid groups (broad SMARTS) is 1. The number of amides is 1. The molecule has 1 aromatic carbocycles. The van der Waals surface area contributed by atoms with Crippen LogP contribution >= 0.6 is 34.5 Å². The highest BCUT2D eigenvalue weighted by Gasteiger charge is 2.35. The average molecular weight is 544 g/mol. The fraction of sp³-hybridized carbons (Fsp3) is 0.0526. The third-order valence-corrected chi connectivity index (χ3v) is 7.23. The molecule has 0 fully saturated rings. The standard InChI is InChI=1S/C19H12Cl2FN5O5S2/c1-26-13(2-3-25-26)10-4-17(21)23-7-15(10)32-14-6-12(22)16(5-11(14)20)34(30,31)27(19(28)29)18-8-33-9-24-18/h2-9H,1H3,(H,28,29). The summed E-state index contributed by atoms with van der Waals surface area (Å²) in [4.78, 5) is 18.3. The zero-order valence-electron chi connectivity index (χ0n) is 16.9. The number of hydrogen-bond donors (Lipinski definition) is 1. The fourth-order valence-electron chi connectivity index (χ4n) is 2.97. The van der Waals surface area contributed by atoms with Crippen LogP contribution in [0.4, 0.5) is 15.0 Å². The van der Waals surface area contributed by atoms with Crippen molar-refractivity contribution in [3.63, 3.8) is 0 Å². The molecule has 0 atom stereocenters. The highest BCUT2D eigenvalue weighted by atomic mass is 35.5. The second-order valence-electron chi connectivity index (χ2n) is 6.56. The molecule has 0 aliphatic heterocycles. The molecular formula is C19H12Cl2FN5O5S2. The predicted octanol–water partition coefficient (Wildman–Crippen LogP) is 5.05. The van der Waals surface area contributed by atoms with Gasteiger partial charge in [0.2, 0.25) is 0 Å². The molecule has 34 heavy (non-hydrogen) atoms. The van der Waals surface area contributed by atoms with Gasteiger partial charge in [0.25, 0.3) is 10.0 Å². The van der Waals surface area contributed by atoms with Crippen LogP contribution in [-0.2, 0) is 17.1 Å². The molecule has 10 nitrogen and oxygen atoms in total. The Morgan fingerprint density at radius 3 is 2.62 bits per heavy atom. The quantitative estimate of drug-likeness (QED) is 0.334. The lowest BCUT2D eigenvalue weighted by Gasteiger charge is -2.18. The summed E-state index contributed by atoms with van der Waals surface area (Å²) in [6.07, 6.45) is 0.976. The summed E-state index contributed by atoms with van der Waals surface area (Å²) < 4.78 is 48.1. The highest BCUT2D eigenvalue weighted by Crippen LogP contribution is 2.39. The van der Waals surface area contributed by atoms with Crippen molar-refractivity contribution >= 4 is 56.5 Å². The van der Waals surface area contributed by atoms with Crippen molar-refractivity contribution in [1.29, 1.82) is 0 Å². The first-order valence-corrected chi connectivity index (χ1v) is 12.2. The summed E-state index contributed by atoms with van der Waals surface area (Å²) in [5.41, 5.74) is 2.31. The lowest BCUT2D eigenvalue weighted by Crippen LogP contribution is -2.36. The van der Waals surface area contributed by atoms with E-state index in [4.69, 9.17) is 27.9 Å². The van der Waals surface area contributed by atoms with Gasteiger partial charge in [0.05, 0.1) is 22.4 Å². The molecule has 0 saturated carbocycles. The summed E-state index contributed by atoms with van der Waals surface area (Å²) in [7, 11) is -3.21. The van der Waals surface area contributed by atoms with Crippen LogP contribution in [-0.4, -0.2) is 39.4 Å². The summed E-state index contributed by atoms with van der Waals surface area (Å²) in [6.45, 7) is 0. The lowest BCUT2D eigenvalue weighted by atomic mass is 10.2. The van der Waals surface area contributed by atoms with Crippen LogP contribution in [0.15, 0.2) is 52.4 Å². The number of halogens is 3. The first kappa shape index (κ1) is 23.9. The van der Waals surface area contributed by atoms with Crippen molar-refractivity contribution in [2.75, 3.05) is 4.31 Å². The van der Waals surface area contributed by atoms with Crippen molar-refractivity contribution in [1.82, 2.24) is 19.7 Å². The fourth-order valence-corrected chi connectivity index (χ4v) is 5.30. The van der Waals surface area contributed by atoms with Gasteiger partial charge in [0.15, 0.2) is 11.6 Å². The van der Waals surface area contributed by atoms with Gasteiger partial charge in [0.1, 0.15) is 21.6 Å². The molecular weight excluding hydrogens is 532 g/mol. The van der Waals surface area contributed by atoms with E-state index in [1.54, 1.807) is 24.0 Å². The summed E-state index contributed by atoms with van der Waals surface area (Å²) in [5, 5.41) is 14.6. The van der Waals surface area contributed by atoms with E-state index < -0.39 is 32.6 Å². The molecule has 3 aromatic heterocycles. The van der Waals surface area contributed by atoms with Crippen LogP contribution in [0, 0.1) is 5.82 Å². The molecule has 4 aromatic rings. The van der Waals surface area contributed by atoms with Crippen molar-refractivity contribution in [2.45, 2.75) is 4.90 Å². The number of pyridine rings is 1. The van der Waals surface area contributed by atoms with E-state index in [1.807, 2.05) is 0 Å². The number of ether oxygens (including phenoxy) is 1. The number of hydrogen-bond acceptors (Lipinski definition) is 8. The summed E-state index contributed by atoms with van der Waals surface area (Å²) >= 11 is 13.2. The van der Waals surface area contributed by atoms with E-state index in [2.05, 4.69) is 15.1 Å². The number of carbonyl (C=O) groups is 1. The van der Waals surface area contributed by atoms with E-state index in [0.29, 0.717) is 11.3 Å². The second-order valence-corrected chi connectivity index (χ2v) is 9.83. The van der Waals surface area contributed by atoms with Gasteiger partial charge in [-0.25, -0.2) is 27.6 Å². The molecule has 3 heterocycles. The van der Waals surface area contributed by atoms with E-state index in [1.165, 1.54) is 23.2 Å². The second kappa shape index (κ2) is 9.18. The summed E-state index contributed by atoms with van der Waals surface area (Å²) in [5.74, 6) is -1.79. The number of aryl methyl sites for hydroxylation is 1. The predicted molar refractivity (Wildman–Crippen MR) is 123 cm³/mol. The Labute approximate surface area is 205 Å². The van der Waals surface area contributed by atoms with E-state index in [9.17, 15) is 22.7 Å². The number of thiazole rings is 1. The Bertz CT molecular complexity index is 1490. The third kappa shape index (κ3) is 4.42. The minimum Gasteiger partial charge on any atom is -0.464 e. The maximum atomic E-state index is 15.0. The molecule has 0 aliphatic carbocycles. The Morgan fingerprint density at radius 1 is 1.24 bits per heavy atom. The number of sulfonamides is 1. The number of nitrogens with zero attached hydrogens (tertiary/aromatic N) is 5. The molecule has 176 valence electrons. The minimum atomic E-state index is -4.90. The Kier molecular flexibility index (Phi) is 6.45. The first-order valence-electron chi connectivity index (χ1n) is 9.07. The maximum Gasteiger partial charge on any atom is 0.427 e. The van der Waals surface area contributed by atoms with Gasteiger partial charge in [-0.3, -0.25) is 4.68 Å². The van der Waals surface area contributed by atoms with Crippen LogP contribution in [0.5, 0.6) is 11.5 Å². The number of rotatable bonds is 6. The topological polar surface area (TPSA) is 128 Å². The van der Waals surface area contributed by atoms with Gasteiger partial charge in [-0.05, 0) is 18.2 Å². The average Bonchev–Trinajstić information content (AvgIpc) is 3.43. The van der Waals surface area contributed by atoms with Gasteiger partial charge in [-0.1, -0.05) is 23.2 Å². The van der Waals surface area contributed by atoms with Gasteiger partial charge >= 0.3 is 6.09 Å². The molecule has 0 spiro atoms. The third-order valence-electron chi connectivity index (χ3n) is 4.46. The van der Waals surface area contributed by atoms with Gasteiger partial charge in [-0.15, -0.1) is 15.6 Å². The molecule has 15 heteroatoms. The molecule has 0 saturated heterocycles. The summed E-state index contributed by atoms with van der Waals surface area (Å²) in [6, 6.07) is 4.69. The van der Waals surface area contributed by atoms with Crippen LogP contribution < -0.4 is 9.04 Å². The monoisotopic (exact) mass is 543 g/mol. The van der Waals surface area contributed by atoms with Crippen LogP contribution in [0.2, 0.25) is 10.2 Å². The van der Waals surface area contributed by atoms with Gasteiger partial charge < -0.3 is 9.84 Å². The molecule has 0 aliphatic rings. The first-order chi connectivity index (χ1) is 16.1. The van der Waals surface area contributed by atoms with Crippen molar-refractivity contribution in [3.05, 3.63) is 63.5 Å². The van der Waals surface area contributed by atoms with Crippen molar-refractivity contribution < 1.29 is 27.4 Å². The molecule has 0 radical (unpaired) electrons. The molecule has 1 amide bonds. The largest absolute Gasteiger partial charge is 0.464 e. The van der Waals surface area contributed by atoms with Gasteiger partial charge in [0, 0.05) is 30.3 Å². The van der Waals surface area contributed by atoms with Crippen LogP contribution in [0.1, 0.15) is 0 Å². The van der Waals surface area contributed by atoms with Crippen LogP contribution in [0.3, 0.4) is 0 Å². The van der Waals surface area contributed by atoms with E-state index >= 15 is 0 Å². The number of anilines is 1. The van der Waals surface area contributed by atoms with Gasteiger partial charge in [-0.2, -0.15) is 5.10 Å². The maximum absolute atomic E-state index is 15.0. The SMILES string of the molecule is Cn1nccc1-c1cc(Cl)ncc1Oc1cc(F)c(S(=O)(=O)N(C(=O)O)c2cscn2)cc1Cl. The highest BCUT2D eigenvalue weighted by molar-refractivity contribution is 7.93. The zero-order chi connectivity index (χ0) is 24.6. The van der Waals surface area contributed by atoms with E-state index in [-0.39, 0.29) is 26.0 Å². The Hall–Kier alpha value is -3.26. The zero-order valence-corrected chi connectivity index (χ0v) is 20.0. The van der Waals surface area contributed by atoms with E-state index in [0.717, 1.165) is 23.5 Å². The smallest absolute Gasteiger partial charge is 0.427 e. The molecule has 0 unspecified atom stereocenters. The number of benzene rings is 1. The molecule has 1 N–H and O–H groups in total. The van der Waals surface area contributed by atoms with Crippen LogP contribution in [0.25, 0.3) is 11.3 Å². The lowest BCUT2D eigenvalue weighted by molar-refractivity contribution is 0.206. The van der Waals surface area contributed by atoms with Crippen molar-refractivity contribution in [3.8, 4) is 22.8 Å². The minimum absolute atomic E-state index is 0.0393. The molecule has 0 bridgehead atoms. The molecule has 4 rings (SSSR count). The Morgan fingerprint density at radius 2 is 2.00 bits per heavy atom. The Balaban J connectivity index is 1.76. The normalized spacial score (nSPS) is 11.4. The number of aromatic nitrogens is 4. The van der Waals surface area contributed by atoms with Crippen molar-refractivity contribution in [2.24, 2.45) is 7.05 Å².